The Morgan fingerprint density at radius 1 is 1.36 bits per heavy atom. The van der Waals surface area contributed by atoms with Crippen molar-refractivity contribution in [2.24, 2.45) is 0 Å². The average molecular weight is 301 g/mol. The SMILES string of the molecule is CCNC(=O)c1ccc2nnc(C3CCN(C(C)=O)C3)n2c1. The molecule has 2 aromatic heterocycles. The summed E-state index contributed by atoms with van der Waals surface area (Å²) in [5, 5.41) is 11.2. The van der Waals surface area contributed by atoms with Crippen molar-refractivity contribution in [3.63, 3.8) is 0 Å². The van der Waals surface area contributed by atoms with Gasteiger partial charge in [0.1, 0.15) is 5.82 Å². The standard InChI is InChI=1S/C15H19N5O2/c1-3-16-15(22)12-4-5-13-17-18-14(20(13)9-12)11-6-7-19(8-11)10(2)21/h4-5,9,11H,3,6-8H2,1-2H3,(H,16,22). The van der Waals surface area contributed by atoms with E-state index in [0.29, 0.717) is 24.3 Å². The molecule has 1 N–H and O–H groups in total. The van der Waals surface area contributed by atoms with Gasteiger partial charge in [0.25, 0.3) is 5.91 Å². The molecule has 1 saturated heterocycles. The number of nitrogens with zero attached hydrogens (tertiary/aromatic N) is 4. The second-order valence-electron chi connectivity index (χ2n) is 5.51. The Labute approximate surface area is 128 Å². The summed E-state index contributed by atoms with van der Waals surface area (Å²) in [5.41, 5.74) is 1.29. The molecular weight excluding hydrogens is 282 g/mol. The van der Waals surface area contributed by atoms with Gasteiger partial charge in [0.2, 0.25) is 5.91 Å². The van der Waals surface area contributed by atoms with Crippen LogP contribution >= 0.6 is 0 Å². The molecule has 116 valence electrons. The molecule has 2 amide bonds. The highest BCUT2D eigenvalue weighted by molar-refractivity contribution is 5.94. The van der Waals surface area contributed by atoms with Gasteiger partial charge in [-0.1, -0.05) is 0 Å². The quantitative estimate of drug-likeness (QED) is 0.910. The third-order valence-corrected chi connectivity index (χ3v) is 4.03. The second-order valence-corrected chi connectivity index (χ2v) is 5.51. The van der Waals surface area contributed by atoms with E-state index in [0.717, 1.165) is 18.8 Å². The number of nitrogens with one attached hydrogen (secondary N) is 1. The molecule has 1 aliphatic rings. The summed E-state index contributed by atoms with van der Waals surface area (Å²) in [6.07, 6.45) is 2.64. The van der Waals surface area contributed by atoms with Crippen LogP contribution in [-0.4, -0.2) is 50.9 Å². The number of aromatic nitrogens is 3. The number of amides is 2. The molecule has 3 rings (SSSR count). The van der Waals surface area contributed by atoms with Gasteiger partial charge in [-0.05, 0) is 25.5 Å². The number of pyridine rings is 1. The molecule has 1 unspecified atom stereocenters. The van der Waals surface area contributed by atoms with Crippen molar-refractivity contribution in [1.82, 2.24) is 24.8 Å². The number of likely N-dealkylation sites (tertiary alicyclic amines) is 1. The number of hydrogen-bond donors (Lipinski definition) is 1. The van der Waals surface area contributed by atoms with Gasteiger partial charge in [0, 0.05) is 38.7 Å². The predicted octanol–water partition coefficient (Wildman–Crippen LogP) is 0.815. The zero-order valence-electron chi connectivity index (χ0n) is 12.7. The summed E-state index contributed by atoms with van der Waals surface area (Å²) in [6, 6.07) is 3.54. The van der Waals surface area contributed by atoms with E-state index in [-0.39, 0.29) is 17.7 Å². The first kappa shape index (κ1) is 14.5. The zero-order chi connectivity index (χ0) is 15.7. The van der Waals surface area contributed by atoms with Crippen LogP contribution in [0.15, 0.2) is 18.3 Å². The van der Waals surface area contributed by atoms with Crippen LogP contribution in [-0.2, 0) is 4.79 Å². The largest absolute Gasteiger partial charge is 0.352 e. The second kappa shape index (κ2) is 5.75. The molecule has 0 radical (unpaired) electrons. The van der Waals surface area contributed by atoms with E-state index in [9.17, 15) is 9.59 Å². The van der Waals surface area contributed by atoms with Crippen molar-refractivity contribution in [2.45, 2.75) is 26.2 Å². The minimum atomic E-state index is -0.110. The van der Waals surface area contributed by atoms with Gasteiger partial charge < -0.3 is 10.2 Å². The summed E-state index contributed by atoms with van der Waals surface area (Å²) in [4.78, 5) is 25.3. The van der Waals surface area contributed by atoms with E-state index in [1.54, 1.807) is 25.3 Å². The van der Waals surface area contributed by atoms with Crippen molar-refractivity contribution in [1.29, 1.82) is 0 Å². The Hall–Kier alpha value is -2.44. The number of fused-ring (bicyclic) bond motifs is 1. The first-order valence-electron chi connectivity index (χ1n) is 7.48. The summed E-state index contributed by atoms with van der Waals surface area (Å²) >= 11 is 0. The Bertz CT molecular complexity index is 724. The fraction of sp³-hybridized carbons (Fsp3) is 0.467. The Balaban J connectivity index is 1.92. The summed E-state index contributed by atoms with van der Waals surface area (Å²) < 4.78 is 1.86. The Morgan fingerprint density at radius 3 is 2.86 bits per heavy atom. The van der Waals surface area contributed by atoms with Crippen molar-refractivity contribution in [3.8, 4) is 0 Å². The number of rotatable bonds is 3. The summed E-state index contributed by atoms with van der Waals surface area (Å²) in [7, 11) is 0. The van der Waals surface area contributed by atoms with Crippen LogP contribution in [0.1, 0.15) is 42.4 Å². The Kier molecular flexibility index (Phi) is 3.79. The van der Waals surface area contributed by atoms with Crippen LogP contribution in [0.4, 0.5) is 0 Å². The average Bonchev–Trinajstić information content (AvgIpc) is 3.13. The minimum absolute atomic E-state index is 0.0827. The maximum absolute atomic E-state index is 12.0. The molecule has 1 atom stereocenters. The highest BCUT2D eigenvalue weighted by Crippen LogP contribution is 2.26. The van der Waals surface area contributed by atoms with E-state index in [2.05, 4.69) is 15.5 Å². The molecule has 0 bridgehead atoms. The fourth-order valence-electron chi connectivity index (χ4n) is 2.84. The molecule has 0 saturated carbocycles. The lowest BCUT2D eigenvalue weighted by molar-refractivity contribution is -0.127. The lowest BCUT2D eigenvalue weighted by atomic mass is 10.1. The lowest BCUT2D eigenvalue weighted by Gasteiger charge is -2.13. The maximum Gasteiger partial charge on any atom is 0.252 e. The molecule has 0 spiro atoms. The summed E-state index contributed by atoms with van der Waals surface area (Å²) in [5.74, 6) is 0.938. The van der Waals surface area contributed by atoms with Crippen molar-refractivity contribution in [2.75, 3.05) is 19.6 Å². The first-order chi connectivity index (χ1) is 10.6. The monoisotopic (exact) mass is 301 g/mol. The smallest absolute Gasteiger partial charge is 0.252 e. The highest BCUT2D eigenvalue weighted by atomic mass is 16.2. The molecule has 7 nitrogen and oxygen atoms in total. The molecule has 1 aliphatic heterocycles. The third kappa shape index (κ3) is 2.54. The molecule has 7 heteroatoms. The van der Waals surface area contributed by atoms with Crippen LogP contribution in [0.2, 0.25) is 0 Å². The number of carbonyl (C=O) groups excluding carboxylic acids is 2. The minimum Gasteiger partial charge on any atom is -0.352 e. The van der Waals surface area contributed by atoms with Gasteiger partial charge in [-0.15, -0.1) is 10.2 Å². The van der Waals surface area contributed by atoms with Gasteiger partial charge in [0.15, 0.2) is 5.65 Å². The molecule has 0 aliphatic carbocycles. The summed E-state index contributed by atoms with van der Waals surface area (Å²) in [6.45, 7) is 5.45. The van der Waals surface area contributed by atoms with Gasteiger partial charge in [0.05, 0.1) is 5.56 Å². The molecule has 1 fully saturated rings. The molecule has 0 aromatic carbocycles. The van der Waals surface area contributed by atoms with Crippen LogP contribution in [0, 0.1) is 0 Å². The van der Waals surface area contributed by atoms with Gasteiger partial charge in [-0.3, -0.25) is 14.0 Å². The normalized spacial score (nSPS) is 17.9. The Morgan fingerprint density at radius 2 is 2.18 bits per heavy atom. The van der Waals surface area contributed by atoms with Crippen molar-refractivity contribution in [3.05, 3.63) is 29.7 Å². The van der Waals surface area contributed by atoms with Crippen LogP contribution in [0.25, 0.3) is 5.65 Å². The topological polar surface area (TPSA) is 79.6 Å². The third-order valence-electron chi connectivity index (χ3n) is 4.03. The van der Waals surface area contributed by atoms with E-state index in [1.165, 1.54) is 0 Å². The van der Waals surface area contributed by atoms with Crippen LogP contribution in [0.5, 0.6) is 0 Å². The van der Waals surface area contributed by atoms with E-state index in [4.69, 9.17) is 0 Å². The van der Waals surface area contributed by atoms with Crippen LogP contribution in [0.3, 0.4) is 0 Å². The van der Waals surface area contributed by atoms with E-state index >= 15 is 0 Å². The zero-order valence-corrected chi connectivity index (χ0v) is 12.7. The lowest BCUT2D eigenvalue weighted by Crippen LogP contribution is -2.25. The number of carbonyl (C=O) groups is 2. The molecular formula is C15H19N5O2. The first-order valence-corrected chi connectivity index (χ1v) is 7.48. The van der Waals surface area contributed by atoms with Gasteiger partial charge in [-0.2, -0.15) is 0 Å². The number of hydrogen-bond acceptors (Lipinski definition) is 4. The highest BCUT2D eigenvalue weighted by Gasteiger charge is 2.29. The predicted molar refractivity (Wildman–Crippen MR) is 80.6 cm³/mol. The van der Waals surface area contributed by atoms with Gasteiger partial charge in [-0.25, -0.2) is 0 Å². The maximum atomic E-state index is 12.0. The molecule has 3 heterocycles. The van der Waals surface area contributed by atoms with Gasteiger partial charge >= 0.3 is 0 Å². The molecule has 22 heavy (non-hydrogen) atoms. The van der Waals surface area contributed by atoms with E-state index in [1.807, 2.05) is 16.2 Å². The van der Waals surface area contributed by atoms with E-state index < -0.39 is 0 Å². The fourth-order valence-corrected chi connectivity index (χ4v) is 2.84. The molecule has 2 aromatic rings. The van der Waals surface area contributed by atoms with Crippen molar-refractivity contribution < 1.29 is 9.59 Å². The van der Waals surface area contributed by atoms with Crippen LogP contribution < -0.4 is 5.32 Å². The van der Waals surface area contributed by atoms with Crippen molar-refractivity contribution >= 4 is 17.5 Å².